The molecule has 6 nitrogen and oxygen atoms in total. The summed E-state index contributed by atoms with van der Waals surface area (Å²) in [4.78, 5) is 11.1. The number of carboxylic acids is 1. The van der Waals surface area contributed by atoms with E-state index in [0.29, 0.717) is 0 Å². The van der Waals surface area contributed by atoms with Gasteiger partial charge in [0.2, 0.25) is 15.8 Å². The molecule has 0 saturated carbocycles. The van der Waals surface area contributed by atoms with Gasteiger partial charge in [-0.25, -0.2) is 13.2 Å². The molecule has 0 saturated heterocycles. The van der Waals surface area contributed by atoms with E-state index in [-0.39, 0.29) is 38.8 Å². The first-order chi connectivity index (χ1) is 10.3. The van der Waals surface area contributed by atoms with Crippen molar-refractivity contribution in [3.8, 4) is 0 Å². The van der Waals surface area contributed by atoms with Crippen molar-refractivity contribution in [3.63, 3.8) is 0 Å². The van der Waals surface area contributed by atoms with Crippen LogP contribution in [0.4, 0.5) is 0 Å². The molecule has 22 heavy (non-hydrogen) atoms. The number of halogens is 2. The van der Waals surface area contributed by atoms with E-state index in [1.807, 2.05) is 0 Å². The van der Waals surface area contributed by atoms with Crippen molar-refractivity contribution in [3.05, 3.63) is 28.1 Å². The summed E-state index contributed by atoms with van der Waals surface area (Å²) in [6.07, 6.45) is 1.07. The number of nitrogens with zero attached hydrogens (tertiary/aromatic N) is 1. The number of hydrogen-bond acceptors (Lipinski definition) is 4. The predicted molar refractivity (Wildman–Crippen MR) is 83.3 cm³/mol. The third-order valence-corrected chi connectivity index (χ3v) is 6.14. The maximum absolute atomic E-state index is 12.7. The quantitative estimate of drug-likeness (QED) is 0.876. The van der Waals surface area contributed by atoms with E-state index < -0.39 is 21.8 Å². The zero-order valence-corrected chi connectivity index (χ0v) is 14.1. The molecule has 0 atom stereocenters. The molecule has 0 radical (unpaired) electrons. The van der Waals surface area contributed by atoms with Crippen LogP contribution >= 0.6 is 23.2 Å². The SMILES string of the molecule is CCN(CC)S(=O)(=O)c1cc(Cl)c(Cl)c2c(C(=O)O)occ12. The second kappa shape index (κ2) is 6.08. The van der Waals surface area contributed by atoms with Gasteiger partial charge >= 0.3 is 5.97 Å². The topological polar surface area (TPSA) is 87.8 Å². The third kappa shape index (κ3) is 2.58. The van der Waals surface area contributed by atoms with E-state index in [0.717, 1.165) is 6.26 Å². The average molecular weight is 366 g/mol. The number of aromatic carboxylic acids is 1. The van der Waals surface area contributed by atoms with Crippen LogP contribution in [-0.4, -0.2) is 36.9 Å². The molecule has 0 aliphatic carbocycles. The Kier molecular flexibility index (Phi) is 4.72. The van der Waals surface area contributed by atoms with E-state index in [1.165, 1.54) is 10.4 Å². The van der Waals surface area contributed by atoms with Crippen LogP contribution in [0.3, 0.4) is 0 Å². The van der Waals surface area contributed by atoms with Crippen molar-refractivity contribution >= 4 is 50.0 Å². The molecule has 0 spiro atoms. The molecule has 0 amide bonds. The maximum atomic E-state index is 12.7. The van der Waals surface area contributed by atoms with Crippen molar-refractivity contribution in [2.75, 3.05) is 13.1 Å². The van der Waals surface area contributed by atoms with Crippen LogP contribution in [0.25, 0.3) is 10.8 Å². The lowest BCUT2D eigenvalue weighted by atomic mass is 10.2. The Hall–Kier alpha value is -1.28. The number of rotatable bonds is 5. The molecule has 0 aliphatic heterocycles. The van der Waals surface area contributed by atoms with E-state index in [4.69, 9.17) is 32.7 Å². The van der Waals surface area contributed by atoms with E-state index >= 15 is 0 Å². The Morgan fingerprint density at radius 3 is 2.41 bits per heavy atom. The number of fused-ring (bicyclic) bond motifs is 1. The lowest BCUT2D eigenvalue weighted by Gasteiger charge is -2.19. The van der Waals surface area contributed by atoms with Crippen LogP contribution in [0.15, 0.2) is 21.6 Å². The van der Waals surface area contributed by atoms with Crippen LogP contribution in [0.1, 0.15) is 24.4 Å². The van der Waals surface area contributed by atoms with Gasteiger partial charge in [0.25, 0.3) is 0 Å². The van der Waals surface area contributed by atoms with Crippen LogP contribution in [0, 0.1) is 0 Å². The predicted octanol–water partition coefficient (Wildman–Crippen LogP) is 3.47. The summed E-state index contributed by atoms with van der Waals surface area (Å²) in [6.45, 7) is 3.94. The first kappa shape index (κ1) is 17.1. The highest BCUT2D eigenvalue weighted by molar-refractivity contribution is 7.89. The first-order valence-electron chi connectivity index (χ1n) is 6.38. The molecule has 1 aromatic heterocycles. The van der Waals surface area contributed by atoms with Gasteiger partial charge in [-0.3, -0.25) is 0 Å². The monoisotopic (exact) mass is 365 g/mol. The number of sulfonamides is 1. The molecule has 9 heteroatoms. The third-order valence-electron chi connectivity index (χ3n) is 3.26. The fourth-order valence-electron chi connectivity index (χ4n) is 2.21. The number of carbonyl (C=O) groups is 1. The van der Waals surface area contributed by atoms with Crippen molar-refractivity contribution in [1.82, 2.24) is 4.31 Å². The normalized spacial score (nSPS) is 12.2. The van der Waals surface area contributed by atoms with Crippen molar-refractivity contribution in [2.24, 2.45) is 0 Å². The van der Waals surface area contributed by atoms with Crippen LogP contribution in [0.2, 0.25) is 10.0 Å². The van der Waals surface area contributed by atoms with E-state index in [2.05, 4.69) is 0 Å². The molecule has 2 aromatic rings. The van der Waals surface area contributed by atoms with E-state index in [9.17, 15) is 13.2 Å². The van der Waals surface area contributed by atoms with Gasteiger partial charge in [-0.1, -0.05) is 37.0 Å². The summed E-state index contributed by atoms with van der Waals surface area (Å²) in [7, 11) is -3.84. The number of carboxylic acid groups (broad SMARTS) is 1. The minimum Gasteiger partial charge on any atom is -0.475 e. The summed E-state index contributed by atoms with van der Waals surface area (Å²) < 4.78 is 31.6. The molecule has 0 fully saturated rings. The van der Waals surface area contributed by atoms with Gasteiger partial charge in [0, 0.05) is 18.5 Å². The highest BCUT2D eigenvalue weighted by atomic mass is 35.5. The summed E-state index contributed by atoms with van der Waals surface area (Å²) in [5.41, 5.74) is 0. The number of furan rings is 1. The molecular weight excluding hydrogens is 353 g/mol. The van der Waals surface area contributed by atoms with Gasteiger partial charge in [0.05, 0.1) is 20.3 Å². The van der Waals surface area contributed by atoms with Crippen molar-refractivity contribution < 1.29 is 22.7 Å². The van der Waals surface area contributed by atoms with Gasteiger partial charge in [-0.15, -0.1) is 0 Å². The van der Waals surface area contributed by atoms with Gasteiger partial charge < -0.3 is 9.52 Å². The molecule has 1 N–H and O–H groups in total. The van der Waals surface area contributed by atoms with E-state index in [1.54, 1.807) is 13.8 Å². The Bertz CT molecular complexity index is 840. The first-order valence-corrected chi connectivity index (χ1v) is 8.57. The fourth-order valence-corrected chi connectivity index (χ4v) is 4.37. The zero-order valence-electron chi connectivity index (χ0n) is 11.8. The Labute approximate surface area is 137 Å². The number of benzene rings is 1. The summed E-state index contributed by atoms with van der Waals surface area (Å²) in [5.74, 6) is -1.80. The van der Waals surface area contributed by atoms with Crippen LogP contribution < -0.4 is 0 Å². The highest BCUT2D eigenvalue weighted by Gasteiger charge is 2.29. The van der Waals surface area contributed by atoms with Gasteiger partial charge in [0.15, 0.2) is 0 Å². The fraction of sp³-hybridized carbons (Fsp3) is 0.308. The lowest BCUT2D eigenvalue weighted by molar-refractivity contribution is 0.0665. The minimum atomic E-state index is -3.84. The van der Waals surface area contributed by atoms with Crippen molar-refractivity contribution in [1.29, 1.82) is 0 Å². The van der Waals surface area contributed by atoms with Gasteiger partial charge in [0.1, 0.15) is 6.26 Å². The highest BCUT2D eigenvalue weighted by Crippen LogP contribution is 2.39. The Balaban J connectivity index is 2.87. The minimum absolute atomic E-state index is 0.0209. The number of hydrogen-bond donors (Lipinski definition) is 1. The van der Waals surface area contributed by atoms with Crippen LogP contribution in [0.5, 0.6) is 0 Å². The average Bonchev–Trinajstić information content (AvgIpc) is 2.88. The molecule has 1 aromatic carbocycles. The van der Waals surface area contributed by atoms with Crippen LogP contribution in [-0.2, 0) is 10.0 Å². The standard InChI is InChI=1S/C13H13Cl2NO5S/c1-3-16(4-2)22(19,20)9-5-8(14)11(15)10-7(9)6-21-12(10)13(17)18/h5-6H,3-4H2,1-2H3,(H,17,18). The second-order valence-corrected chi connectivity index (χ2v) is 7.11. The Morgan fingerprint density at radius 2 is 1.91 bits per heavy atom. The second-order valence-electron chi connectivity index (χ2n) is 4.42. The molecule has 0 aliphatic rings. The van der Waals surface area contributed by atoms with Crippen molar-refractivity contribution in [2.45, 2.75) is 18.7 Å². The van der Waals surface area contributed by atoms with Gasteiger partial charge in [-0.05, 0) is 6.07 Å². The molecule has 0 bridgehead atoms. The molecule has 2 rings (SSSR count). The molecule has 1 heterocycles. The zero-order chi connectivity index (χ0) is 16.7. The largest absolute Gasteiger partial charge is 0.475 e. The summed E-state index contributed by atoms with van der Waals surface area (Å²) in [6, 6.07) is 1.21. The molecule has 0 unspecified atom stereocenters. The molecular formula is C13H13Cl2NO5S. The molecule has 120 valence electrons. The Morgan fingerprint density at radius 1 is 1.32 bits per heavy atom. The maximum Gasteiger partial charge on any atom is 0.372 e. The smallest absolute Gasteiger partial charge is 0.372 e. The van der Waals surface area contributed by atoms with Gasteiger partial charge in [-0.2, -0.15) is 4.31 Å². The summed E-state index contributed by atoms with van der Waals surface area (Å²) in [5, 5.41) is 9.10. The lowest BCUT2D eigenvalue weighted by Crippen LogP contribution is -2.30. The summed E-state index contributed by atoms with van der Waals surface area (Å²) >= 11 is 12.0.